The Balaban J connectivity index is 2.11. The van der Waals surface area contributed by atoms with Crippen molar-refractivity contribution in [2.45, 2.75) is 13.5 Å². The Morgan fingerprint density at radius 3 is 2.86 bits per heavy atom. The van der Waals surface area contributed by atoms with Crippen molar-refractivity contribution in [3.63, 3.8) is 0 Å². The third-order valence-corrected chi connectivity index (χ3v) is 3.53. The minimum atomic E-state index is 0.481. The van der Waals surface area contributed by atoms with Crippen LogP contribution in [0.3, 0.4) is 0 Å². The molecule has 114 valence electrons. The van der Waals surface area contributed by atoms with Crippen molar-refractivity contribution in [3.8, 4) is 17.2 Å². The normalized spacial score (nSPS) is 11.1. The zero-order valence-corrected chi connectivity index (χ0v) is 13.3. The summed E-state index contributed by atoms with van der Waals surface area (Å²) in [5, 5.41) is 13.6. The summed E-state index contributed by atoms with van der Waals surface area (Å²) in [5.41, 5.74) is 6.74. The maximum absolute atomic E-state index is 6.25. The summed E-state index contributed by atoms with van der Waals surface area (Å²) >= 11 is 12.3. The smallest absolute Gasteiger partial charge is 0.185 e. The van der Waals surface area contributed by atoms with Crippen LogP contribution in [0.25, 0.3) is 17.2 Å². The molecule has 1 aromatic carbocycles. The lowest BCUT2D eigenvalue weighted by Crippen LogP contribution is -2.10. The first kappa shape index (κ1) is 15.0. The molecule has 2 N–H and O–H groups in total. The Labute approximate surface area is 136 Å². The molecule has 0 bridgehead atoms. The highest BCUT2D eigenvalue weighted by Crippen LogP contribution is 2.27. The van der Waals surface area contributed by atoms with Crippen LogP contribution in [-0.4, -0.2) is 36.3 Å². The molecule has 0 atom stereocenters. The van der Waals surface area contributed by atoms with Crippen LogP contribution < -0.4 is 5.73 Å². The highest BCUT2D eigenvalue weighted by Gasteiger charge is 2.17. The standard InChI is InChI=1S/C13H13Cl2N7/c1-8-17-13(11-7-21(5-4-16)20-18-11)22(19-8)12-6-9(14)2-3-10(12)15/h2-3,6-7H,4-5,16H2,1H3. The number of hydrogen-bond acceptors (Lipinski definition) is 5. The number of rotatable bonds is 4. The molecule has 0 fully saturated rings. The largest absolute Gasteiger partial charge is 0.329 e. The number of halogens is 2. The van der Waals surface area contributed by atoms with Gasteiger partial charge in [0.1, 0.15) is 11.5 Å². The molecular weight excluding hydrogens is 325 g/mol. The molecule has 0 aliphatic heterocycles. The molecular formula is C13H13Cl2N7. The van der Waals surface area contributed by atoms with E-state index in [0.717, 1.165) is 0 Å². The van der Waals surface area contributed by atoms with Crippen LogP contribution in [0, 0.1) is 6.92 Å². The molecule has 3 rings (SSSR count). The number of aryl methyl sites for hydroxylation is 1. The summed E-state index contributed by atoms with van der Waals surface area (Å²) < 4.78 is 3.27. The summed E-state index contributed by atoms with van der Waals surface area (Å²) in [6.07, 6.45) is 1.77. The van der Waals surface area contributed by atoms with Gasteiger partial charge in [-0.2, -0.15) is 5.10 Å². The molecule has 2 aromatic heterocycles. The molecule has 0 radical (unpaired) electrons. The first-order valence-corrected chi connectivity index (χ1v) is 7.33. The average Bonchev–Trinajstić information content (AvgIpc) is 3.08. The van der Waals surface area contributed by atoms with Gasteiger partial charge >= 0.3 is 0 Å². The number of aromatic nitrogens is 6. The fraction of sp³-hybridized carbons (Fsp3) is 0.231. The van der Waals surface area contributed by atoms with Crippen LogP contribution in [0.1, 0.15) is 5.82 Å². The van der Waals surface area contributed by atoms with E-state index in [0.29, 0.717) is 46.2 Å². The molecule has 9 heteroatoms. The lowest BCUT2D eigenvalue weighted by molar-refractivity contribution is 0.598. The van der Waals surface area contributed by atoms with E-state index in [-0.39, 0.29) is 0 Å². The number of hydrogen-bond donors (Lipinski definition) is 1. The molecule has 3 aromatic rings. The van der Waals surface area contributed by atoms with Gasteiger partial charge in [-0.25, -0.2) is 9.67 Å². The quantitative estimate of drug-likeness (QED) is 0.787. The Hall–Kier alpha value is -1.96. The van der Waals surface area contributed by atoms with Gasteiger partial charge in [0.15, 0.2) is 5.82 Å². The third kappa shape index (κ3) is 2.83. The van der Waals surface area contributed by atoms with Crippen molar-refractivity contribution in [1.82, 2.24) is 29.8 Å². The maximum Gasteiger partial charge on any atom is 0.185 e. The number of benzene rings is 1. The van der Waals surface area contributed by atoms with Gasteiger partial charge in [-0.3, -0.25) is 4.68 Å². The zero-order valence-electron chi connectivity index (χ0n) is 11.7. The third-order valence-electron chi connectivity index (χ3n) is 2.98. The second-order valence-corrected chi connectivity index (χ2v) is 5.49. The van der Waals surface area contributed by atoms with Crippen LogP contribution in [0.4, 0.5) is 0 Å². The Morgan fingerprint density at radius 2 is 2.09 bits per heavy atom. The van der Waals surface area contributed by atoms with E-state index in [1.165, 1.54) is 0 Å². The summed E-state index contributed by atoms with van der Waals surface area (Å²) in [6.45, 7) is 2.86. The van der Waals surface area contributed by atoms with Crippen molar-refractivity contribution in [3.05, 3.63) is 40.3 Å². The predicted octanol–water partition coefficient (Wildman–Crippen LogP) is 2.10. The lowest BCUT2D eigenvalue weighted by Gasteiger charge is -2.06. The van der Waals surface area contributed by atoms with Crippen LogP contribution >= 0.6 is 23.2 Å². The predicted molar refractivity (Wildman–Crippen MR) is 84.2 cm³/mol. The molecule has 0 aliphatic rings. The molecule has 0 aliphatic carbocycles. The SMILES string of the molecule is Cc1nc(-c2cn(CCN)nn2)n(-c2cc(Cl)ccc2Cl)n1. The second-order valence-electron chi connectivity index (χ2n) is 4.65. The maximum atomic E-state index is 6.25. The highest BCUT2D eigenvalue weighted by molar-refractivity contribution is 6.34. The van der Waals surface area contributed by atoms with E-state index < -0.39 is 0 Å². The van der Waals surface area contributed by atoms with Gasteiger partial charge in [-0.05, 0) is 25.1 Å². The lowest BCUT2D eigenvalue weighted by atomic mass is 10.3. The molecule has 0 unspecified atom stereocenters. The van der Waals surface area contributed by atoms with E-state index in [1.807, 2.05) is 0 Å². The van der Waals surface area contributed by atoms with Crippen molar-refractivity contribution in [2.75, 3.05) is 6.54 Å². The summed E-state index contributed by atoms with van der Waals surface area (Å²) in [4.78, 5) is 4.40. The van der Waals surface area contributed by atoms with E-state index in [4.69, 9.17) is 28.9 Å². The first-order chi connectivity index (χ1) is 10.6. The van der Waals surface area contributed by atoms with Gasteiger partial charge in [-0.1, -0.05) is 28.4 Å². The fourth-order valence-corrected chi connectivity index (χ4v) is 2.40. The van der Waals surface area contributed by atoms with E-state index in [9.17, 15) is 0 Å². The molecule has 22 heavy (non-hydrogen) atoms. The number of nitrogens with zero attached hydrogens (tertiary/aromatic N) is 6. The van der Waals surface area contributed by atoms with Crippen molar-refractivity contribution in [2.24, 2.45) is 5.73 Å². The average molecular weight is 338 g/mol. The van der Waals surface area contributed by atoms with Gasteiger partial charge in [-0.15, -0.1) is 5.10 Å². The second kappa shape index (κ2) is 6.04. The first-order valence-electron chi connectivity index (χ1n) is 6.58. The Kier molecular flexibility index (Phi) is 4.10. The Bertz CT molecular complexity index is 809. The van der Waals surface area contributed by atoms with E-state index in [2.05, 4.69) is 20.4 Å². The van der Waals surface area contributed by atoms with Crippen molar-refractivity contribution < 1.29 is 0 Å². The monoisotopic (exact) mass is 337 g/mol. The van der Waals surface area contributed by atoms with Crippen LogP contribution in [0.5, 0.6) is 0 Å². The molecule has 0 saturated heterocycles. The zero-order chi connectivity index (χ0) is 15.7. The minimum Gasteiger partial charge on any atom is -0.329 e. The Morgan fingerprint density at radius 1 is 1.27 bits per heavy atom. The topological polar surface area (TPSA) is 87.4 Å². The molecule has 0 spiro atoms. The summed E-state index contributed by atoms with van der Waals surface area (Å²) in [7, 11) is 0. The van der Waals surface area contributed by atoms with Gasteiger partial charge in [0.05, 0.1) is 23.5 Å². The summed E-state index contributed by atoms with van der Waals surface area (Å²) in [5.74, 6) is 1.14. The van der Waals surface area contributed by atoms with E-state index >= 15 is 0 Å². The fourth-order valence-electron chi connectivity index (χ4n) is 2.04. The van der Waals surface area contributed by atoms with Crippen LogP contribution in [0.15, 0.2) is 24.4 Å². The minimum absolute atomic E-state index is 0.481. The van der Waals surface area contributed by atoms with Gasteiger partial charge in [0.25, 0.3) is 0 Å². The van der Waals surface area contributed by atoms with Crippen molar-refractivity contribution >= 4 is 23.2 Å². The highest BCUT2D eigenvalue weighted by atomic mass is 35.5. The van der Waals surface area contributed by atoms with Crippen molar-refractivity contribution in [1.29, 1.82) is 0 Å². The van der Waals surface area contributed by atoms with Gasteiger partial charge < -0.3 is 5.73 Å². The number of nitrogens with two attached hydrogens (primary N) is 1. The molecule has 0 saturated carbocycles. The molecule has 2 heterocycles. The van der Waals surface area contributed by atoms with Gasteiger partial charge in [0, 0.05) is 11.6 Å². The molecule has 7 nitrogen and oxygen atoms in total. The van der Waals surface area contributed by atoms with Gasteiger partial charge in [0.2, 0.25) is 0 Å². The summed E-state index contributed by atoms with van der Waals surface area (Å²) in [6, 6.07) is 5.16. The molecule has 0 amide bonds. The van der Waals surface area contributed by atoms with Crippen LogP contribution in [0.2, 0.25) is 10.0 Å². The van der Waals surface area contributed by atoms with Crippen LogP contribution in [-0.2, 0) is 6.54 Å². The van der Waals surface area contributed by atoms with E-state index in [1.54, 1.807) is 40.7 Å².